The predicted octanol–water partition coefficient (Wildman–Crippen LogP) is 9.76. The second kappa shape index (κ2) is 14.0. The second-order valence-electron chi connectivity index (χ2n) is 13.1. The number of benzene rings is 1. The van der Waals surface area contributed by atoms with Crippen LogP contribution in [0.5, 0.6) is 5.75 Å². The molecular formula is C34H51N3O2. The largest absolute Gasteiger partial charge is 0.427 e. The monoisotopic (exact) mass is 533 g/mol. The zero-order valence-corrected chi connectivity index (χ0v) is 25.5. The molecule has 0 unspecified atom stereocenters. The number of carbonyl (C=O) groups is 1. The van der Waals surface area contributed by atoms with E-state index in [1.807, 2.05) is 24.3 Å². The summed E-state index contributed by atoms with van der Waals surface area (Å²) in [5.41, 5.74) is 3.88. The minimum atomic E-state index is -0.162. The molecule has 2 heterocycles. The summed E-state index contributed by atoms with van der Waals surface area (Å²) in [6.45, 7) is 15.6. The topological polar surface area (TPSA) is 55.6 Å². The SMILES string of the molecule is CCCCCCCCCCCC(=O)Oc1cccc(-c2nc3cc(C)ccn3c2NC(C)(C)CC(C)(C)C)c1. The van der Waals surface area contributed by atoms with Crippen molar-refractivity contribution in [2.75, 3.05) is 5.32 Å². The molecule has 3 rings (SSSR count). The Morgan fingerprint density at radius 2 is 1.59 bits per heavy atom. The molecule has 1 N–H and O–H groups in total. The molecule has 0 aliphatic carbocycles. The van der Waals surface area contributed by atoms with Gasteiger partial charge in [-0.2, -0.15) is 0 Å². The summed E-state index contributed by atoms with van der Waals surface area (Å²) < 4.78 is 7.87. The van der Waals surface area contributed by atoms with Crippen LogP contribution in [0.25, 0.3) is 16.9 Å². The highest BCUT2D eigenvalue weighted by Gasteiger charge is 2.28. The second-order valence-corrected chi connectivity index (χ2v) is 13.1. The van der Waals surface area contributed by atoms with Crippen LogP contribution in [0.1, 0.15) is 118 Å². The third-order valence-corrected chi connectivity index (χ3v) is 7.03. The minimum Gasteiger partial charge on any atom is -0.427 e. The smallest absolute Gasteiger partial charge is 0.311 e. The van der Waals surface area contributed by atoms with Gasteiger partial charge in [0.15, 0.2) is 0 Å². The van der Waals surface area contributed by atoms with E-state index in [2.05, 4.69) is 76.5 Å². The number of aromatic nitrogens is 2. The number of carbonyl (C=O) groups excluding carboxylic acids is 1. The fraction of sp³-hybridized carbons (Fsp3) is 0.588. The molecule has 0 radical (unpaired) electrons. The minimum absolute atomic E-state index is 0.145. The Kier molecular flexibility index (Phi) is 11.0. The number of anilines is 1. The summed E-state index contributed by atoms with van der Waals surface area (Å²) >= 11 is 0. The van der Waals surface area contributed by atoms with E-state index in [-0.39, 0.29) is 16.9 Å². The maximum Gasteiger partial charge on any atom is 0.311 e. The maximum atomic E-state index is 12.6. The number of esters is 1. The highest BCUT2D eigenvalue weighted by atomic mass is 16.5. The van der Waals surface area contributed by atoms with Crippen molar-refractivity contribution in [3.8, 4) is 17.0 Å². The Hall–Kier alpha value is -2.82. The normalized spacial score (nSPS) is 12.2. The van der Waals surface area contributed by atoms with Gasteiger partial charge in [0.1, 0.15) is 22.9 Å². The van der Waals surface area contributed by atoms with E-state index in [9.17, 15) is 4.79 Å². The fourth-order valence-corrected chi connectivity index (χ4v) is 5.63. The van der Waals surface area contributed by atoms with Crippen molar-refractivity contribution in [2.45, 2.75) is 125 Å². The molecule has 0 aliphatic rings. The number of imidazole rings is 1. The van der Waals surface area contributed by atoms with Crippen molar-refractivity contribution < 1.29 is 9.53 Å². The van der Waals surface area contributed by atoms with Gasteiger partial charge in [-0.3, -0.25) is 9.20 Å². The first-order valence-corrected chi connectivity index (χ1v) is 15.1. The van der Waals surface area contributed by atoms with Gasteiger partial charge in [0.2, 0.25) is 0 Å². The van der Waals surface area contributed by atoms with Gasteiger partial charge in [0, 0.05) is 23.7 Å². The van der Waals surface area contributed by atoms with Crippen LogP contribution in [0.2, 0.25) is 0 Å². The van der Waals surface area contributed by atoms with Crippen LogP contribution in [-0.4, -0.2) is 20.9 Å². The van der Waals surface area contributed by atoms with Crippen LogP contribution in [0, 0.1) is 12.3 Å². The summed E-state index contributed by atoms with van der Waals surface area (Å²) in [7, 11) is 0. The summed E-state index contributed by atoms with van der Waals surface area (Å²) in [5.74, 6) is 1.37. The Morgan fingerprint density at radius 1 is 0.923 bits per heavy atom. The Morgan fingerprint density at radius 3 is 2.26 bits per heavy atom. The summed E-state index contributed by atoms with van der Waals surface area (Å²) in [6.07, 6.45) is 14.6. The summed E-state index contributed by atoms with van der Waals surface area (Å²) in [4.78, 5) is 17.6. The average molecular weight is 534 g/mol. The molecule has 39 heavy (non-hydrogen) atoms. The third-order valence-electron chi connectivity index (χ3n) is 7.03. The van der Waals surface area contributed by atoms with Crippen molar-refractivity contribution in [3.05, 3.63) is 48.2 Å². The molecule has 0 aliphatic heterocycles. The van der Waals surface area contributed by atoms with Crippen molar-refractivity contribution in [1.82, 2.24) is 9.38 Å². The van der Waals surface area contributed by atoms with E-state index in [0.29, 0.717) is 12.2 Å². The van der Waals surface area contributed by atoms with Gasteiger partial charge in [-0.15, -0.1) is 0 Å². The van der Waals surface area contributed by atoms with Gasteiger partial charge in [0.25, 0.3) is 0 Å². The number of nitrogens with one attached hydrogen (secondary N) is 1. The van der Waals surface area contributed by atoms with Crippen LogP contribution in [0.4, 0.5) is 5.82 Å². The van der Waals surface area contributed by atoms with E-state index in [1.54, 1.807) is 0 Å². The Balaban J connectivity index is 1.68. The molecule has 2 aromatic heterocycles. The van der Waals surface area contributed by atoms with E-state index in [0.717, 1.165) is 42.0 Å². The highest BCUT2D eigenvalue weighted by Crippen LogP contribution is 2.36. The van der Waals surface area contributed by atoms with Crippen LogP contribution in [0.3, 0.4) is 0 Å². The van der Waals surface area contributed by atoms with Crippen molar-refractivity contribution in [2.24, 2.45) is 5.41 Å². The number of unbranched alkanes of at least 4 members (excludes halogenated alkanes) is 8. The van der Waals surface area contributed by atoms with Crippen LogP contribution in [0.15, 0.2) is 42.6 Å². The van der Waals surface area contributed by atoms with E-state index in [1.165, 1.54) is 50.5 Å². The van der Waals surface area contributed by atoms with Crippen LogP contribution in [-0.2, 0) is 4.79 Å². The van der Waals surface area contributed by atoms with Gasteiger partial charge in [0.05, 0.1) is 0 Å². The van der Waals surface area contributed by atoms with E-state index < -0.39 is 0 Å². The standard InChI is InChI=1S/C34H51N3O2/c1-8-9-10-11-12-13-14-15-16-20-30(38)39-28-19-17-18-27(24-28)31-32(36-34(6,7)25-33(3,4)5)37-22-21-26(2)23-29(37)35-31/h17-19,21-24,36H,8-16,20,25H2,1-7H3. The number of aryl methyl sites for hydroxylation is 1. The Labute approximate surface area is 236 Å². The average Bonchev–Trinajstić information content (AvgIpc) is 3.18. The molecule has 5 nitrogen and oxygen atoms in total. The zero-order chi connectivity index (χ0) is 28.5. The lowest BCUT2D eigenvalue weighted by Gasteiger charge is -2.34. The molecule has 0 amide bonds. The first kappa shape index (κ1) is 30.7. The molecule has 0 atom stereocenters. The van der Waals surface area contributed by atoms with Gasteiger partial charge in [-0.05, 0) is 68.9 Å². The molecule has 0 spiro atoms. The number of rotatable bonds is 15. The number of nitrogens with zero attached hydrogens (tertiary/aromatic N) is 2. The number of fused-ring (bicyclic) bond motifs is 1. The molecule has 0 saturated heterocycles. The number of pyridine rings is 1. The fourth-order valence-electron chi connectivity index (χ4n) is 5.63. The van der Waals surface area contributed by atoms with E-state index >= 15 is 0 Å². The highest BCUT2D eigenvalue weighted by molar-refractivity contribution is 5.79. The molecule has 1 aromatic carbocycles. The molecule has 0 fully saturated rings. The van der Waals surface area contributed by atoms with Gasteiger partial charge < -0.3 is 10.1 Å². The quantitative estimate of drug-likeness (QED) is 0.120. The van der Waals surface area contributed by atoms with E-state index in [4.69, 9.17) is 9.72 Å². The lowest BCUT2D eigenvalue weighted by Crippen LogP contribution is -2.36. The molecule has 214 valence electrons. The molecule has 0 bridgehead atoms. The molecular weight excluding hydrogens is 482 g/mol. The summed E-state index contributed by atoms with van der Waals surface area (Å²) in [5, 5.41) is 3.80. The van der Waals surface area contributed by atoms with Gasteiger partial charge >= 0.3 is 5.97 Å². The Bertz CT molecular complexity index is 1200. The third kappa shape index (κ3) is 10.0. The number of hydrogen-bond donors (Lipinski definition) is 1. The van der Waals surface area contributed by atoms with Crippen molar-refractivity contribution in [1.29, 1.82) is 0 Å². The van der Waals surface area contributed by atoms with Gasteiger partial charge in [-0.1, -0.05) is 91.2 Å². The van der Waals surface area contributed by atoms with Crippen LogP contribution < -0.4 is 10.1 Å². The maximum absolute atomic E-state index is 12.6. The predicted molar refractivity (Wildman–Crippen MR) is 165 cm³/mol. The number of ether oxygens (including phenoxy) is 1. The van der Waals surface area contributed by atoms with Crippen LogP contribution >= 0.6 is 0 Å². The molecule has 5 heteroatoms. The van der Waals surface area contributed by atoms with Gasteiger partial charge in [-0.25, -0.2) is 4.98 Å². The zero-order valence-electron chi connectivity index (χ0n) is 25.5. The molecule has 0 saturated carbocycles. The number of hydrogen-bond acceptors (Lipinski definition) is 4. The van der Waals surface area contributed by atoms with Crippen molar-refractivity contribution >= 4 is 17.4 Å². The molecule has 3 aromatic rings. The van der Waals surface area contributed by atoms with Crippen molar-refractivity contribution in [3.63, 3.8) is 0 Å². The first-order chi connectivity index (χ1) is 18.5. The first-order valence-electron chi connectivity index (χ1n) is 15.1. The lowest BCUT2D eigenvalue weighted by atomic mass is 9.82. The lowest BCUT2D eigenvalue weighted by molar-refractivity contribution is -0.134. The summed E-state index contributed by atoms with van der Waals surface area (Å²) in [6, 6.07) is 12.0.